The van der Waals surface area contributed by atoms with Gasteiger partial charge < -0.3 is 4.74 Å². The van der Waals surface area contributed by atoms with Crippen molar-refractivity contribution in [3.63, 3.8) is 0 Å². The molecule has 2 aromatic carbocycles. The van der Waals surface area contributed by atoms with Crippen molar-refractivity contribution in [2.75, 3.05) is 7.11 Å². The number of methoxy groups -OCH3 is 1. The maximum absolute atomic E-state index is 13.8. The first kappa shape index (κ1) is 13.2. The van der Waals surface area contributed by atoms with Crippen LogP contribution in [0.3, 0.4) is 0 Å². The van der Waals surface area contributed by atoms with Gasteiger partial charge in [-0.2, -0.15) is 0 Å². The van der Waals surface area contributed by atoms with Crippen molar-refractivity contribution >= 4 is 22.6 Å². The minimum Gasteiger partial charge on any atom is -0.496 e. The topological polar surface area (TPSA) is 9.23 Å². The largest absolute Gasteiger partial charge is 0.496 e. The van der Waals surface area contributed by atoms with Crippen LogP contribution in [0.5, 0.6) is 5.75 Å². The Bertz CT molecular complexity index is 579. The third-order valence-electron chi connectivity index (χ3n) is 2.42. The van der Waals surface area contributed by atoms with Crippen LogP contribution in [0.15, 0.2) is 30.3 Å². The molecule has 0 N–H and O–H groups in total. The van der Waals surface area contributed by atoms with E-state index >= 15 is 0 Å². The normalized spacial score (nSPS) is 10.5. The molecule has 0 atom stereocenters. The molecule has 0 amide bonds. The molecule has 94 valence electrons. The van der Waals surface area contributed by atoms with E-state index in [1.54, 1.807) is 0 Å². The van der Waals surface area contributed by atoms with Crippen molar-refractivity contribution in [1.29, 1.82) is 0 Å². The smallest absolute Gasteiger partial charge is 0.133 e. The highest BCUT2D eigenvalue weighted by molar-refractivity contribution is 14.1. The highest BCUT2D eigenvalue weighted by atomic mass is 127. The van der Waals surface area contributed by atoms with Gasteiger partial charge in [0.15, 0.2) is 0 Å². The molecule has 0 aliphatic carbocycles. The fourth-order valence-electron chi connectivity index (χ4n) is 1.62. The summed E-state index contributed by atoms with van der Waals surface area (Å²) in [4.78, 5) is 0. The first-order valence-corrected chi connectivity index (χ1v) is 6.08. The molecular formula is C13H8F3IO. The van der Waals surface area contributed by atoms with Crippen LogP contribution in [0.2, 0.25) is 0 Å². The molecule has 0 aliphatic heterocycles. The van der Waals surface area contributed by atoms with Gasteiger partial charge in [-0.25, -0.2) is 13.2 Å². The second kappa shape index (κ2) is 5.17. The highest BCUT2D eigenvalue weighted by Gasteiger charge is 2.12. The average Bonchev–Trinajstić information content (AvgIpc) is 2.27. The van der Waals surface area contributed by atoms with Crippen molar-refractivity contribution in [1.82, 2.24) is 0 Å². The lowest BCUT2D eigenvalue weighted by Crippen LogP contribution is -1.93. The van der Waals surface area contributed by atoms with E-state index in [4.69, 9.17) is 4.74 Å². The van der Waals surface area contributed by atoms with Crippen molar-refractivity contribution < 1.29 is 17.9 Å². The molecule has 0 fully saturated rings. The maximum atomic E-state index is 13.8. The molecule has 0 unspecified atom stereocenters. The molecule has 0 bridgehead atoms. The molecule has 0 spiro atoms. The van der Waals surface area contributed by atoms with Crippen LogP contribution in [-0.2, 0) is 0 Å². The molecule has 0 aromatic heterocycles. The number of ether oxygens (including phenoxy) is 1. The molecule has 2 rings (SSSR count). The Balaban J connectivity index is 2.62. The van der Waals surface area contributed by atoms with Gasteiger partial charge in [0.1, 0.15) is 23.2 Å². The van der Waals surface area contributed by atoms with Crippen molar-refractivity contribution in [2.24, 2.45) is 0 Å². The first-order chi connectivity index (χ1) is 8.51. The minimum atomic E-state index is -0.748. The van der Waals surface area contributed by atoms with Crippen LogP contribution in [0.25, 0.3) is 11.1 Å². The summed E-state index contributed by atoms with van der Waals surface area (Å²) in [5.41, 5.74) is 0.241. The third-order valence-corrected chi connectivity index (χ3v) is 3.26. The van der Waals surface area contributed by atoms with E-state index < -0.39 is 17.5 Å². The Morgan fingerprint density at radius 2 is 1.56 bits per heavy atom. The Morgan fingerprint density at radius 1 is 0.944 bits per heavy atom. The predicted octanol–water partition coefficient (Wildman–Crippen LogP) is 4.38. The Kier molecular flexibility index (Phi) is 3.79. The third kappa shape index (κ3) is 2.60. The van der Waals surface area contributed by atoms with Crippen molar-refractivity contribution in [3.8, 4) is 16.9 Å². The zero-order chi connectivity index (χ0) is 13.3. The number of rotatable bonds is 2. The second-order valence-electron chi connectivity index (χ2n) is 3.62. The fraction of sp³-hybridized carbons (Fsp3) is 0.0769. The molecule has 5 heteroatoms. The van der Waals surface area contributed by atoms with Gasteiger partial charge in [-0.3, -0.25) is 0 Å². The SMILES string of the molecule is COc1cc(-c2cc(F)cc(F)c2)c(F)cc1I. The zero-order valence-corrected chi connectivity index (χ0v) is 11.5. The Labute approximate surface area is 116 Å². The van der Waals surface area contributed by atoms with Crippen molar-refractivity contribution in [2.45, 2.75) is 0 Å². The van der Waals surface area contributed by atoms with E-state index in [-0.39, 0.29) is 11.1 Å². The quantitative estimate of drug-likeness (QED) is 0.719. The van der Waals surface area contributed by atoms with Crippen LogP contribution < -0.4 is 4.74 Å². The minimum absolute atomic E-state index is 0.102. The molecule has 2 aromatic rings. The van der Waals surface area contributed by atoms with Gasteiger partial charge in [0.05, 0.1) is 10.7 Å². The molecule has 0 aliphatic rings. The zero-order valence-electron chi connectivity index (χ0n) is 9.31. The lowest BCUT2D eigenvalue weighted by atomic mass is 10.0. The number of halogens is 4. The highest BCUT2D eigenvalue weighted by Crippen LogP contribution is 2.31. The Morgan fingerprint density at radius 3 is 2.11 bits per heavy atom. The summed E-state index contributed by atoms with van der Waals surface area (Å²) in [6.45, 7) is 0. The predicted molar refractivity (Wildman–Crippen MR) is 71.0 cm³/mol. The van der Waals surface area contributed by atoms with E-state index in [9.17, 15) is 13.2 Å². The van der Waals surface area contributed by atoms with Gasteiger partial charge in [0.25, 0.3) is 0 Å². The summed E-state index contributed by atoms with van der Waals surface area (Å²) >= 11 is 1.92. The second-order valence-corrected chi connectivity index (χ2v) is 4.79. The number of benzene rings is 2. The first-order valence-electron chi connectivity index (χ1n) is 5.01. The average molecular weight is 364 g/mol. The van der Waals surface area contributed by atoms with Gasteiger partial charge in [0.2, 0.25) is 0 Å². The van der Waals surface area contributed by atoms with Crippen molar-refractivity contribution in [3.05, 3.63) is 51.4 Å². The van der Waals surface area contributed by atoms with E-state index in [0.29, 0.717) is 9.32 Å². The monoisotopic (exact) mass is 364 g/mol. The van der Waals surface area contributed by atoms with E-state index in [2.05, 4.69) is 0 Å². The van der Waals surface area contributed by atoms with E-state index in [1.165, 1.54) is 19.2 Å². The maximum Gasteiger partial charge on any atom is 0.133 e. The summed E-state index contributed by atoms with van der Waals surface area (Å²) in [7, 11) is 1.45. The number of hydrogen-bond acceptors (Lipinski definition) is 1. The summed E-state index contributed by atoms with van der Waals surface area (Å²) in [6, 6.07) is 5.58. The molecule has 0 heterocycles. The van der Waals surface area contributed by atoms with Crippen LogP contribution in [-0.4, -0.2) is 7.11 Å². The summed E-state index contributed by atoms with van der Waals surface area (Å²) < 4.78 is 45.7. The van der Waals surface area contributed by atoms with Crippen LogP contribution in [0, 0.1) is 21.0 Å². The van der Waals surface area contributed by atoms with Crippen LogP contribution >= 0.6 is 22.6 Å². The lowest BCUT2D eigenvalue weighted by molar-refractivity contribution is 0.411. The number of hydrogen-bond donors (Lipinski definition) is 0. The molecule has 1 nitrogen and oxygen atoms in total. The molecule has 0 radical (unpaired) electrons. The van der Waals surface area contributed by atoms with Gasteiger partial charge >= 0.3 is 0 Å². The standard InChI is InChI=1S/C13H8F3IO/c1-18-13-5-10(11(16)6-12(13)17)7-2-8(14)4-9(15)3-7/h2-6H,1H3. The van der Waals surface area contributed by atoms with Gasteiger partial charge in [-0.15, -0.1) is 0 Å². The Hall–Kier alpha value is -1.24. The summed E-state index contributed by atoms with van der Waals surface area (Å²) in [5.74, 6) is -1.59. The molecule has 18 heavy (non-hydrogen) atoms. The van der Waals surface area contributed by atoms with Gasteiger partial charge in [-0.1, -0.05) is 0 Å². The van der Waals surface area contributed by atoms with Gasteiger partial charge in [0, 0.05) is 11.6 Å². The molecule has 0 saturated carbocycles. The molecule has 0 saturated heterocycles. The molecular weight excluding hydrogens is 356 g/mol. The van der Waals surface area contributed by atoms with Crippen LogP contribution in [0.4, 0.5) is 13.2 Å². The van der Waals surface area contributed by atoms with E-state index in [1.807, 2.05) is 22.6 Å². The summed E-state index contributed by atoms with van der Waals surface area (Å²) in [5, 5.41) is 0. The van der Waals surface area contributed by atoms with E-state index in [0.717, 1.165) is 18.2 Å². The van der Waals surface area contributed by atoms with Gasteiger partial charge in [-0.05, 0) is 52.4 Å². The lowest BCUT2D eigenvalue weighted by Gasteiger charge is -2.09. The fourth-order valence-corrected chi connectivity index (χ4v) is 2.27. The van der Waals surface area contributed by atoms with Crippen LogP contribution in [0.1, 0.15) is 0 Å². The summed E-state index contributed by atoms with van der Waals surface area (Å²) in [6.07, 6.45) is 0.